The maximum atomic E-state index is 13.1. The SMILES string of the molecule is Cc1ccoc1C(=O)NC(c1ccc(F)cc1)C1CCCO1. The molecule has 3 rings (SSSR count). The zero-order valence-electron chi connectivity index (χ0n) is 12.3. The van der Waals surface area contributed by atoms with E-state index < -0.39 is 0 Å². The molecule has 0 spiro atoms. The number of aryl methyl sites for hydroxylation is 1. The largest absolute Gasteiger partial charge is 0.459 e. The number of carbonyl (C=O) groups excluding carboxylic acids is 1. The molecule has 2 aromatic rings. The molecule has 0 saturated carbocycles. The normalized spacial score (nSPS) is 19.1. The zero-order chi connectivity index (χ0) is 15.5. The fraction of sp³-hybridized carbons (Fsp3) is 0.353. The van der Waals surface area contributed by atoms with Crippen LogP contribution >= 0.6 is 0 Å². The number of amides is 1. The molecule has 1 amide bonds. The van der Waals surface area contributed by atoms with Gasteiger partial charge in [-0.25, -0.2) is 4.39 Å². The molecule has 2 unspecified atom stereocenters. The molecule has 1 aliphatic heterocycles. The molecular weight excluding hydrogens is 285 g/mol. The Morgan fingerprint density at radius 2 is 2.09 bits per heavy atom. The quantitative estimate of drug-likeness (QED) is 0.942. The lowest BCUT2D eigenvalue weighted by Crippen LogP contribution is -2.36. The van der Waals surface area contributed by atoms with Gasteiger partial charge in [-0.05, 0) is 43.5 Å². The first kappa shape index (κ1) is 14.8. The van der Waals surface area contributed by atoms with Crippen LogP contribution < -0.4 is 5.32 Å². The van der Waals surface area contributed by atoms with Crippen molar-refractivity contribution in [3.8, 4) is 0 Å². The van der Waals surface area contributed by atoms with Crippen molar-refractivity contribution in [2.45, 2.75) is 31.9 Å². The average Bonchev–Trinajstić information content (AvgIpc) is 3.17. The van der Waals surface area contributed by atoms with Gasteiger partial charge in [0.15, 0.2) is 5.76 Å². The zero-order valence-corrected chi connectivity index (χ0v) is 12.3. The number of furan rings is 1. The van der Waals surface area contributed by atoms with Crippen molar-refractivity contribution in [3.05, 3.63) is 59.3 Å². The number of halogens is 1. The molecule has 0 aliphatic carbocycles. The fourth-order valence-electron chi connectivity index (χ4n) is 2.74. The molecule has 0 radical (unpaired) electrons. The second-order valence-electron chi connectivity index (χ2n) is 5.49. The first-order valence-corrected chi connectivity index (χ1v) is 7.37. The van der Waals surface area contributed by atoms with Crippen LogP contribution in [-0.2, 0) is 4.74 Å². The Morgan fingerprint density at radius 1 is 1.32 bits per heavy atom. The molecule has 1 fully saturated rings. The molecule has 2 atom stereocenters. The van der Waals surface area contributed by atoms with Crippen LogP contribution in [0.1, 0.15) is 40.6 Å². The minimum atomic E-state index is -0.319. The van der Waals surface area contributed by atoms with Gasteiger partial charge < -0.3 is 14.5 Å². The summed E-state index contributed by atoms with van der Waals surface area (Å²) in [6, 6.07) is 7.56. The topological polar surface area (TPSA) is 51.5 Å². The summed E-state index contributed by atoms with van der Waals surface area (Å²) < 4.78 is 24.1. The molecular formula is C17H18FNO3. The maximum absolute atomic E-state index is 13.1. The van der Waals surface area contributed by atoms with E-state index in [1.165, 1.54) is 18.4 Å². The third-order valence-corrected chi connectivity index (χ3v) is 3.92. The molecule has 0 bridgehead atoms. The van der Waals surface area contributed by atoms with Gasteiger partial charge in [0.2, 0.25) is 0 Å². The molecule has 22 heavy (non-hydrogen) atoms. The first-order valence-electron chi connectivity index (χ1n) is 7.37. The summed E-state index contributed by atoms with van der Waals surface area (Å²) in [5.41, 5.74) is 1.61. The summed E-state index contributed by atoms with van der Waals surface area (Å²) in [6.07, 6.45) is 3.20. The van der Waals surface area contributed by atoms with Crippen molar-refractivity contribution in [3.63, 3.8) is 0 Å². The molecule has 2 heterocycles. The fourth-order valence-corrected chi connectivity index (χ4v) is 2.74. The molecule has 116 valence electrons. The molecule has 1 saturated heterocycles. The van der Waals surface area contributed by atoms with Crippen molar-refractivity contribution in [1.29, 1.82) is 0 Å². The smallest absolute Gasteiger partial charge is 0.287 e. The summed E-state index contributed by atoms with van der Waals surface area (Å²) in [5, 5.41) is 2.96. The highest BCUT2D eigenvalue weighted by molar-refractivity contribution is 5.93. The van der Waals surface area contributed by atoms with Gasteiger partial charge in [-0.3, -0.25) is 4.79 Å². The molecule has 1 aromatic carbocycles. The van der Waals surface area contributed by atoms with Crippen molar-refractivity contribution >= 4 is 5.91 Å². The third kappa shape index (κ3) is 3.04. The Balaban J connectivity index is 1.84. The van der Waals surface area contributed by atoms with Crippen LogP contribution in [0.15, 0.2) is 41.0 Å². The molecule has 1 aliphatic rings. The van der Waals surface area contributed by atoms with Crippen molar-refractivity contribution in [2.24, 2.45) is 0 Å². The number of nitrogens with one attached hydrogen (secondary N) is 1. The number of ether oxygens (including phenoxy) is 1. The molecule has 1 N–H and O–H groups in total. The summed E-state index contributed by atoms with van der Waals surface area (Å²) >= 11 is 0. The van der Waals surface area contributed by atoms with Gasteiger partial charge in [0.1, 0.15) is 5.82 Å². The number of benzene rings is 1. The van der Waals surface area contributed by atoms with Crippen LogP contribution in [-0.4, -0.2) is 18.6 Å². The van der Waals surface area contributed by atoms with Gasteiger partial charge in [-0.15, -0.1) is 0 Å². The Labute approximate surface area is 128 Å². The predicted molar refractivity (Wildman–Crippen MR) is 79.0 cm³/mol. The van der Waals surface area contributed by atoms with Gasteiger partial charge in [-0.2, -0.15) is 0 Å². The summed E-state index contributed by atoms with van der Waals surface area (Å²) in [5.74, 6) is -0.291. The lowest BCUT2D eigenvalue weighted by atomic mass is 9.99. The monoisotopic (exact) mass is 303 g/mol. The minimum Gasteiger partial charge on any atom is -0.459 e. The van der Waals surface area contributed by atoms with E-state index in [4.69, 9.17) is 9.15 Å². The van der Waals surface area contributed by atoms with Crippen molar-refractivity contribution in [1.82, 2.24) is 5.32 Å². The van der Waals surface area contributed by atoms with Gasteiger partial charge in [0.05, 0.1) is 18.4 Å². The summed E-state index contributed by atoms with van der Waals surface area (Å²) in [7, 11) is 0. The Bertz CT molecular complexity index is 644. The second-order valence-corrected chi connectivity index (χ2v) is 5.49. The van der Waals surface area contributed by atoms with E-state index in [2.05, 4.69) is 5.32 Å². The van der Waals surface area contributed by atoms with Crippen LogP contribution in [0.5, 0.6) is 0 Å². The van der Waals surface area contributed by atoms with E-state index in [9.17, 15) is 9.18 Å². The van der Waals surface area contributed by atoms with Crippen LogP contribution in [0, 0.1) is 12.7 Å². The van der Waals surface area contributed by atoms with Gasteiger partial charge in [0.25, 0.3) is 5.91 Å². The van der Waals surface area contributed by atoms with Crippen LogP contribution in [0.3, 0.4) is 0 Å². The van der Waals surface area contributed by atoms with Gasteiger partial charge >= 0.3 is 0 Å². The van der Waals surface area contributed by atoms with Crippen LogP contribution in [0.25, 0.3) is 0 Å². The van der Waals surface area contributed by atoms with Crippen LogP contribution in [0.2, 0.25) is 0 Å². The maximum Gasteiger partial charge on any atom is 0.287 e. The van der Waals surface area contributed by atoms with Gasteiger partial charge in [0, 0.05) is 12.2 Å². The van der Waals surface area contributed by atoms with Gasteiger partial charge in [-0.1, -0.05) is 12.1 Å². The molecule has 4 nitrogen and oxygen atoms in total. The average molecular weight is 303 g/mol. The van der Waals surface area contributed by atoms with E-state index >= 15 is 0 Å². The predicted octanol–water partition coefficient (Wildman–Crippen LogP) is 3.38. The van der Waals surface area contributed by atoms with Crippen molar-refractivity contribution in [2.75, 3.05) is 6.61 Å². The standard InChI is InChI=1S/C17H18FNO3/c1-11-8-10-22-16(11)17(20)19-15(14-3-2-9-21-14)12-4-6-13(18)7-5-12/h4-8,10,14-15H,2-3,9H2,1H3,(H,19,20). The number of carbonyl (C=O) groups is 1. The van der Waals surface area contributed by atoms with E-state index in [-0.39, 0.29) is 23.9 Å². The lowest BCUT2D eigenvalue weighted by Gasteiger charge is -2.24. The van der Waals surface area contributed by atoms with E-state index in [0.717, 1.165) is 24.0 Å². The highest BCUT2D eigenvalue weighted by Gasteiger charge is 2.30. The van der Waals surface area contributed by atoms with E-state index in [1.807, 2.05) is 6.92 Å². The second kappa shape index (κ2) is 6.32. The number of hydrogen-bond acceptors (Lipinski definition) is 3. The number of rotatable bonds is 4. The summed E-state index contributed by atoms with van der Waals surface area (Å²) in [4.78, 5) is 12.4. The van der Waals surface area contributed by atoms with E-state index in [1.54, 1.807) is 18.2 Å². The minimum absolute atomic E-state index is 0.107. The first-order chi connectivity index (χ1) is 10.6. The third-order valence-electron chi connectivity index (χ3n) is 3.92. The molecule has 5 heteroatoms. The Morgan fingerprint density at radius 3 is 2.68 bits per heavy atom. The number of hydrogen-bond donors (Lipinski definition) is 1. The lowest BCUT2D eigenvalue weighted by molar-refractivity contribution is 0.0657. The molecule has 1 aromatic heterocycles. The Hall–Kier alpha value is -2.14. The highest BCUT2D eigenvalue weighted by Crippen LogP contribution is 2.27. The Kier molecular flexibility index (Phi) is 4.24. The van der Waals surface area contributed by atoms with Crippen LogP contribution in [0.4, 0.5) is 4.39 Å². The van der Waals surface area contributed by atoms with Crippen molar-refractivity contribution < 1.29 is 18.3 Å². The highest BCUT2D eigenvalue weighted by atomic mass is 19.1. The van der Waals surface area contributed by atoms with E-state index in [0.29, 0.717) is 12.4 Å². The summed E-state index contributed by atoms with van der Waals surface area (Å²) in [6.45, 7) is 2.50.